The van der Waals surface area contributed by atoms with Crippen LogP contribution in [-0.2, 0) is 22.0 Å². The van der Waals surface area contributed by atoms with Crippen molar-refractivity contribution in [1.82, 2.24) is 10.6 Å². The molecule has 0 heterocycles. The number of methoxy groups -OCH3 is 1. The summed E-state index contributed by atoms with van der Waals surface area (Å²) < 4.78 is 29.5. The van der Waals surface area contributed by atoms with Gasteiger partial charge in [-0.1, -0.05) is 42.5 Å². The highest BCUT2D eigenvalue weighted by atomic mass is 32.2. The lowest BCUT2D eigenvalue weighted by molar-refractivity contribution is 0.237. The van der Waals surface area contributed by atoms with Crippen LogP contribution in [-0.4, -0.2) is 39.9 Å². The molecular weight excluding hydrogens is 376 g/mol. The van der Waals surface area contributed by atoms with Crippen LogP contribution in [0.1, 0.15) is 24.5 Å². The van der Waals surface area contributed by atoms with E-state index in [0.29, 0.717) is 19.4 Å². The van der Waals surface area contributed by atoms with Gasteiger partial charge in [-0.25, -0.2) is 13.2 Å². The second kappa shape index (κ2) is 10.7. The van der Waals surface area contributed by atoms with Crippen molar-refractivity contribution >= 4 is 15.9 Å². The van der Waals surface area contributed by atoms with E-state index in [0.717, 1.165) is 16.9 Å². The van der Waals surface area contributed by atoms with Gasteiger partial charge in [-0.05, 0) is 43.0 Å². The Morgan fingerprint density at radius 2 is 1.79 bits per heavy atom. The lowest BCUT2D eigenvalue weighted by Gasteiger charge is -2.15. The van der Waals surface area contributed by atoms with Crippen molar-refractivity contribution in [2.75, 3.05) is 19.4 Å². The monoisotopic (exact) mass is 404 g/mol. The smallest absolute Gasteiger partial charge is 0.315 e. The molecule has 152 valence electrons. The maximum absolute atomic E-state index is 12.1. The molecule has 0 aliphatic heterocycles. The fourth-order valence-electron chi connectivity index (χ4n) is 2.87. The molecule has 1 atom stereocenters. The van der Waals surface area contributed by atoms with Gasteiger partial charge in [0.1, 0.15) is 5.75 Å². The van der Waals surface area contributed by atoms with Crippen LogP contribution in [0.25, 0.3) is 0 Å². The third-order valence-corrected chi connectivity index (χ3v) is 5.88. The molecule has 0 spiro atoms. The van der Waals surface area contributed by atoms with Gasteiger partial charge in [0, 0.05) is 12.6 Å². The number of hydrogen-bond donors (Lipinski definition) is 2. The molecule has 0 saturated heterocycles. The Bertz CT molecular complexity index is 854. The van der Waals surface area contributed by atoms with Gasteiger partial charge >= 0.3 is 6.03 Å². The van der Waals surface area contributed by atoms with Gasteiger partial charge in [0.25, 0.3) is 0 Å². The van der Waals surface area contributed by atoms with Gasteiger partial charge in [-0.2, -0.15) is 0 Å². The summed E-state index contributed by atoms with van der Waals surface area (Å²) in [6.45, 7) is 2.23. The van der Waals surface area contributed by atoms with Gasteiger partial charge in [0.05, 0.1) is 18.6 Å². The summed E-state index contributed by atoms with van der Waals surface area (Å²) in [7, 11) is -1.57. The van der Waals surface area contributed by atoms with E-state index in [4.69, 9.17) is 4.74 Å². The summed E-state index contributed by atoms with van der Waals surface area (Å²) in [5, 5.41) is 5.58. The van der Waals surface area contributed by atoms with Crippen molar-refractivity contribution in [3.8, 4) is 5.75 Å². The van der Waals surface area contributed by atoms with Crippen molar-refractivity contribution in [2.45, 2.75) is 31.6 Å². The zero-order chi connectivity index (χ0) is 20.4. The molecule has 2 N–H and O–H groups in total. The zero-order valence-corrected chi connectivity index (χ0v) is 17.2. The average Bonchev–Trinajstić information content (AvgIpc) is 2.65. The number of ether oxygens (including phenoxy) is 1. The minimum absolute atomic E-state index is 0.0254. The first-order valence-corrected chi connectivity index (χ1v) is 11.1. The molecule has 2 rings (SSSR count). The van der Waals surface area contributed by atoms with E-state index in [1.54, 1.807) is 19.2 Å². The molecule has 0 saturated carbocycles. The Morgan fingerprint density at radius 3 is 2.50 bits per heavy atom. The van der Waals surface area contributed by atoms with Crippen molar-refractivity contribution in [3.63, 3.8) is 0 Å². The quantitative estimate of drug-likeness (QED) is 0.597. The molecule has 2 aromatic rings. The van der Waals surface area contributed by atoms with Crippen LogP contribution in [0.5, 0.6) is 5.75 Å². The summed E-state index contributed by atoms with van der Waals surface area (Å²) >= 11 is 0. The van der Waals surface area contributed by atoms with Gasteiger partial charge in [-0.3, -0.25) is 0 Å². The van der Waals surface area contributed by atoms with Crippen LogP contribution in [0.2, 0.25) is 0 Å². The number of rotatable bonds is 10. The van der Waals surface area contributed by atoms with Crippen LogP contribution >= 0.6 is 0 Å². The van der Waals surface area contributed by atoms with Crippen molar-refractivity contribution in [3.05, 3.63) is 65.7 Å². The second-order valence-electron chi connectivity index (χ2n) is 6.79. The highest BCUT2D eigenvalue weighted by Gasteiger charge is 2.12. The summed E-state index contributed by atoms with van der Waals surface area (Å²) in [6, 6.07) is 16.5. The van der Waals surface area contributed by atoms with Crippen molar-refractivity contribution in [2.24, 2.45) is 0 Å². The minimum atomic E-state index is -3.19. The van der Waals surface area contributed by atoms with Gasteiger partial charge in [0.15, 0.2) is 9.84 Å². The Kier molecular flexibility index (Phi) is 8.32. The number of nitrogens with one attached hydrogen (secondary N) is 2. The van der Waals surface area contributed by atoms with E-state index in [-0.39, 0.29) is 23.6 Å². The van der Waals surface area contributed by atoms with Gasteiger partial charge < -0.3 is 15.4 Å². The number of carbonyl (C=O) groups is 1. The summed E-state index contributed by atoms with van der Waals surface area (Å²) in [6.07, 6.45) is 1.06. The SMILES string of the molecule is COc1cccc(CC(C)NC(=O)NCCCS(=O)(=O)Cc2ccccc2)c1. The largest absolute Gasteiger partial charge is 0.497 e. The topological polar surface area (TPSA) is 84.5 Å². The molecule has 0 radical (unpaired) electrons. The summed E-state index contributed by atoms with van der Waals surface area (Å²) in [5.41, 5.74) is 1.85. The fraction of sp³-hybridized carbons (Fsp3) is 0.381. The van der Waals surface area contributed by atoms with E-state index in [1.807, 2.05) is 49.4 Å². The molecule has 28 heavy (non-hydrogen) atoms. The third kappa shape index (κ3) is 8.00. The highest BCUT2D eigenvalue weighted by molar-refractivity contribution is 7.90. The first-order valence-electron chi connectivity index (χ1n) is 9.29. The zero-order valence-electron chi connectivity index (χ0n) is 16.4. The van der Waals surface area contributed by atoms with Crippen LogP contribution < -0.4 is 15.4 Å². The predicted octanol–water partition coefficient (Wildman–Crippen LogP) is 2.93. The molecule has 0 fully saturated rings. The highest BCUT2D eigenvalue weighted by Crippen LogP contribution is 2.14. The lowest BCUT2D eigenvalue weighted by atomic mass is 10.1. The normalized spacial score (nSPS) is 12.2. The Hall–Kier alpha value is -2.54. The van der Waals surface area contributed by atoms with E-state index in [9.17, 15) is 13.2 Å². The molecule has 0 aliphatic carbocycles. The van der Waals surface area contributed by atoms with Crippen LogP contribution in [0.3, 0.4) is 0 Å². The van der Waals surface area contributed by atoms with E-state index >= 15 is 0 Å². The Balaban J connectivity index is 1.67. The number of benzene rings is 2. The van der Waals surface area contributed by atoms with Crippen LogP contribution in [0, 0.1) is 0 Å². The van der Waals surface area contributed by atoms with Crippen molar-refractivity contribution < 1.29 is 17.9 Å². The maximum atomic E-state index is 12.1. The molecule has 0 aromatic heterocycles. The molecule has 2 amide bonds. The second-order valence-corrected chi connectivity index (χ2v) is 8.97. The van der Waals surface area contributed by atoms with E-state index in [1.165, 1.54) is 0 Å². The molecular formula is C21H28N2O4S. The average molecular weight is 405 g/mol. The molecule has 0 bridgehead atoms. The van der Waals surface area contributed by atoms with E-state index in [2.05, 4.69) is 10.6 Å². The van der Waals surface area contributed by atoms with Gasteiger partial charge in [0.2, 0.25) is 0 Å². The number of hydrogen-bond acceptors (Lipinski definition) is 4. The lowest BCUT2D eigenvalue weighted by Crippen LogP contribution is -2.42. The third-order valence-electron chi connectivity index (χ3n) is 4.20. The first kappa shape index (κ1) is 21.8. The van der Waals surface area contributed by atoms with Crippen LogP contribution in [0.4, 0.5) is 4.79 Å². The number of amides is 2. The standard InChI is InChI=1S/C21H28N2O4S/c1-17(14-19-10-6-11-20(15-19)27-2)23-21(24)22-12-7-13-28(25,26)16-18-8-4-3-5-9-18/h3-6,8-11,15,17H,7,12-14,16H2,1-2H3,(H2,22,23,24). The number of carbonyl (C=O) groups excluding carboxylic acids is 1. The first-order chi connectivity index (χ1) is 13.4. The Labute approximate surface area is 167 Å². The van der Waals surface area contributed by atoms with Gasteiger partial charge in [-0.15, -0.1) is 0 Å². The molecule has 6 nitrogen and oxygen atoms in total. The number of urea groups is 1. The minimum Gasteiger partial charge on any atom is -0.497 e. The predicted molar refractivity (Wildman–Crippen MR) is 111 cm³/mol. The number of sulfone groups is 1. The fourth-order valence-corrected chi connectivity index (χ4v) is 4.30. The molecule has 2 aromatic carbocycles. The summed E-state index contributed by atoms with van der Waals surface area (Å²) in [5.74, 6) is 0.852. The maximum Gasteiger partial charge on any atom is 0.315 e. The molecule has 0 aliphatic rings. The van der Waals surface area contributed by atoms with Crippen LogP contribution in [0.15, 0.2) is 54.6 Å². The molecule has 7 heteroatoms. The van der Waals surface area contributed by atoms with E-state index < -0.39 is 9.84 Å². The van der Waals surface area contributed by atoms with Crippen molar-refractivity contribution in [1.29, 1.82) is 0 Å². The Morgan fingerprint density at radius 1 is 1.07 bits per heavy atom. The molecule has 1 unspecified atom stereocenters. The summed E-state index contributed by atoms with van der Waals surface area (Å²) in [4.78, 5) is 12.0.